The summed E-state index contributed by atoms with van der Waals surface area (Å²) < 4.78 is 5.03. The van der Waals surface area contributed by atoms with Crippen LogP contribution in [0.15, 0.2) is 59.7 Å². The lowest BCUT2D eigenvalue weighted by atomic mass is 10.0. The molecule has 178 valence electrons. The van der Waals surface area contributed by atoms with Crippen molar-refractivity contribution in [2.24, 2.45) is 10.8 Å². The van der Waals surface area contributed by atoms with Crippen molar-refractivity contribution in [2.45, 2.75) is 18.5 Å². The van der Waals surface area contributed by atoms with Gasteiger partial charge in [-0.3, -0.25) is 19.5 Å². The number of primary amides is 1. The number of ether oxygens (including phenoxy) is 1. The minimum absolute atomic E-state index is 0.152. The lowest BCUT2D eigenvalue weighted by Gasteiger charge is -2.38. The Morgan fingerprint density at radius 2 is 1.68 bits per heavy atom. The molecule has 0 saturated carbocycles. The van der Waals surface area contributed by atoms with Crippen molar-refractivity contribution in [1.82, 2.24) is 9.80 Å². The van der Waals surface area contributed by atoms with Gasteiger partial charge in [-0.15, -0.1) is 0 Å². The van der Waals surface area contributed by atoms with Crippen LogP contribution in [0.1, 0.15) is 18.0 Å². The monoisotopic (exact) mass is 483 g/mol. The lowest BCUT2D eigenvalue weighted by Crippen LogP contribution is -2.52. The van der Waals surface area contributed by atoms with E-state index in [1.54, 1.807) is 29.2 Å². The number of carbonyl (C=O) groups is 3. The first-order valence-corrected chi connectivity index (χ1v) is 11.3. The highest BCUT2D eigenvalue weighted by atomic mass is 35.5. The van der Waals surface area contributed by atoms with Gasteiger partial charge >= 0.3 is 5.97 Å². The number of anilines is 1. The molecule has 0 radical (unpaired) electrons. The first-order valence-electron chi connectivity index (χ1n) is 11.0. The van der Waals surface area contributed by atoms with E-state index >= 15 is 0 Å². The number of hydrazone groups is 1. The molecule has 0 spiro atoms. The number of rotatable bonds is 6. The Morgan fingerprint density at radius 1 is 1.03 bits per heavy atom. The number of methoxy groups -OCH3 is 1. The first-order chi connectivity index (χ1) is 16.4. The van der Waals surface area contributed by atoms with E-state index in [-0.39, 0.29) is 18.3 Å². The predicted octanol–water partition coefficient (Wildman–Crippen LogP) is 1.82. The molecule has 1 saturated heterocycles. The van der Waals surface area contributed by atoms with Crippen LogP contribution in [-0.4, -0.2) is 72.6 Å². The summed E-state index contributed by atoms with van der Waals surface area (Å²) in [6.07, 6.45) is 0.152. The molecule has 2 amide bonds. The quantitative estimate of drug-likeness (QED) is 0.628. The summed E-state index contributed by atoms with van der Waals surface area (Å²) in [5, 5.41) is 6.54. The van der Waals surface area contributed by atoms with Gasteiger partial charge in [0.2, 0.25) is 5.91 Å². The van der Waals surface area contributed by atoms with Gasteiger partial charge in [0.05, 0.1) is 12.8 Å². The summed E-state index contributed by atoms with van der Waals surface area (Å²) >= 11 is 5.99. The second-order valence-electron chi connectivity index (χ2n) is 8.15. The number of nitrogens with two attached hydrogens (primary N) is 1. The zero-order valence-electron chi connectivity index (χ0n) is 18.8. The molecule has 2 heterocycles. The number of benzene rings is 2. The van der Waals surface area contributed by atoms with Crippen molar-refractivity contribution in [1.29, 1.82) is 0 Å². The number of carbonyl (C=O) groups excluding carboxylic acids is 3. The molecule has 10 heteroatoms. The van der Waals surface area contributed by atoms with Crippen LogP contribution in [0.3, 0.4) is 0 Å². The van der Waals surface area contributed by atoms with Gasteiger partial charge in [-0.25, -0.2) is 4.79 Å². The highest BCUT2D eigenvalue weighted by Crippen LogP contribution is 2.27. The molecule has 2 N–H and O–H groups in total. The van der Waals surface area contributed by atoms with Crippen LogP contribution in [0.5, 0.6) is 0 Å². The summed E-state index contributed by atoms with van der Waals surface area (Å²) in [5.74, 6) is -1.14. The van der Waals surface area contributed by atoms with E-state index < -0.39 is 18.0 Å². The Hall–Kier alpha value is -3.43. The smallest absolute Gasteiger partial charge is 0.327 e. The molecular formula is C24H26ClN5O4. The van der Waals surface area contributed by atoms with Crippen LogP contribution < -0.4 is 10.7 Å². The van der Waals surface area contributed by atoms with E-state index in [9.17, 15) is 14.4 Å². The fraction of sp³-hybridized carbons (Fsp3) is 0.333. The van der Waals surface area contributed by atoms with Crippen LogP contribution in [-0.2, 0) is 19.1 Å². The Labute approximate surface area is 202 Å². The maximum atomic E-state index is 13.2. The van der Waals surface area contributed by atoms with Crippen molar-refractivity contribution in [3.8, 4) is 0 Å². The second kappa shape index (κ2) is 10.2. The van der Waals surface area contributed by atoms with Crippen LogP contribution >= 0.6 is 11.6 Å². The van der Waals surface area contributed by atoms with Crippen molar-refractivity contribution in [3.05, 3.63) is 65.2 Å². The Bertz CT molecular complexity index is 1080. The zero-order valence-corrected chi connectivity index (χ0v) is 19.5. The van der Waals surface area contributed by atoms with E-state index in [4.69, 9.17) is 22.1 Å². The van der Waals surface area contributed by atoms with Gasteiger partial charge < -0.3 is 15.4 Å². The number of hydrogen-bond donors (Lipinski definition) is 1. The highest BCUT2D eigenvalue weighted by molar-refractivity contribution is 6.40. The molecule has 0 aliphatic carbocycles. The third-order valence-electron chi connectivity index (χ3n) is 6.08. The maximum absolute atomic E-state index is 13.2. The summed E-state index contributed by atoms with van der Waals surface area (Å²) in [6, 6.07) is 14.9. The van der Waals surface area contributed by atoms with E-state index in [0.717, 1.165) is 5.56 Å². The molecule has 2 aromatic rings. The van der Waals surface area contributed by atoms with E-state index in [0.29, 0.717) is 42.6 Å². The molecular weight excluding hydrogens is 458 g/mol. The van der Waals surface area contributed by atoms with Gasteiger partial charge in [0, 0.05) is 37.6 Å². The topological polar surface area (TPSA) is 109 Å². The van der Waals surface area contributed by atoms with E-state index in [2.05, 4.69) is 5.10 Å². The molecule has 2 aromatic carbocycles. The largest absolute Gasteiger partial charge is 0.468 e. The van der Waals surface area contributed by atoms with Gasteiger partial charge in [0.1, 0.15) is 17.8 Å². The van der Waals surface area contributed by atoms with Crippen LogP contribution in [0.4, 0.5) is 5.69 Å². The average molecular weight is 484 g/mol. The molecule has 0 bridgehead atoms. The minimum atomic E-state index is -0.712. The number of amides is 2. The average Bonchev–Trinajstić information content (AvgIpc) is 3.32. The van der Waals surface area contributed by atoms with Crippen molar-refractivity contribution in [2.75, 3.05) is 38.3 Å². The molecule has 1 fully saturated rings. The van der Waals surface area contributed by atoms with Crippen LogP contribution in [0.2, 0.25) is 5.02 Å². The van der Waals surface area contributed by atoms with Crippen LogP contribution in [0.25, 0.3) is 0 Å². The van der Waals surface area contributed by atoms with Gasteiger partial charge in [-0.1, -0.05) is 41.9 Å². The molecule has 2 aliphatic heterocycles. The van der Waals surface area contributed by atoms with Crippen molar-refractivity contribution >= 4 is 40.8 Å². The Morgan fingerprint density at radius 3 is 2.26 bits per heavy atom. The number of piperazine rings is 1. The zero-order chi connectivity index (χ0) is 24.2. The summed E-state index contributed by atoms with van der Waals surface area (Å²) in [5.41, 5.74) is 7.35. The molecule has 2 aliphatic rings. The van der Waals surface area contributed by atoms with Gasteiger partial charge in [-0.05, 0) is 29.8 Å². The van der Waals surface area contributed by atoms with E-state index in [1.165, 1.54) is 12.1 Å². The predicted molar refractivity (Wildman–Crippen MR) is 128 cm³/mol. The molecule has 0 aromatic heterocycles. The SMILES string of the molecule is COC(=O)C(c1ccc(Cl)cc1)N1CCN(C(=O)C2=NN(c3ccccc3)C(C(N)=O)C2)CC1. The number of para-hydroxylation sites is 1. The highest BCUT2D eigenvalue weighted by Gasteiger charge is 2.38. The molecule has 9 nitrogen and oxygen atoms in total. The fourth-order valence-electron chi connectivity index (χ4n) is 4.30. The van der Waals surface area contributed by atoms with Gasteiger partial charge in [0.25, 0.3) is 5.91 Å². The third kappa shape index (κ3) is 4.90. The standard InChI is InChI=1S/C24H26ClN5O4/c1-34-24(33)21(16-7-9-17(25)10-8-16)28-11-13-29(14-12-28)23(32)19-15-20(22(26)31)30(27-19)18-5-3-2-4-6-18/h2-10,20-21H,11-15H2,1H3,(H2,26,31). The number of hydrogen-bond acceptors (Lipinski definition) is 7. The summed E-state index contributed by atoms with van der Waals surface area (Å²) in [6.45, 7) is 1.77. The molecule has 2 atom stereocenters. The Kier molecular flexibility index (Phi) is 7.14. The third-order valence-corrected chi connectivity index (χ3v) is 6.34. The first kappa shape index (κ1) is 23.7. The lowest BCUT2D eigenvalue weighted by molar-refractivity contribution is -0.148. The number of esters is 1. The fourth-order valence-corrected chi connectivity index (χ4v) is 4.42. The number of nitrogens with zero attached hydrogens (tertiary/aromatic N) is 4. The molecule has 2 unspecified atom stereocenters. The van der Waals surface area contributed by atoms with Crippen molar-refractivity contribution < 1.29 is 19.1 Å². The van der Waals surface area contributed by atoms with Gasteiger partial charge in [0.15, 0.2) is 0 Å². The number of halogens is 1. The summed E-state index contributed by atoms with van der Waals surface area (Å²) in [4.78, 5) is 41.5. The minimum Gasteiger partial charge on any atom is -0.468 e. The van der Waals surface area contributed by atoms with Gasteiger partial charge in [-0.2, -0.15) is 5.10 Å². The normalized spacial score (nSPS) is 19.5. The maximum Gasteiger partial charge on any atom is 0.327 e. The molecule has 34 heavy (non-hydrogen) atoms. The molecule has 4 rings (SSSR count). The van der Waals surface area contributed by atoms with E-state index in [1.807, 2.05) is 35.2 Å². The second-order valence-corrected chi connectivity index (χ2v) is 8.59. The Balaban J connectivity index is 1.46. The van der Waals surface area contributed by atoms with Crippen molar-refractivity contribution in [3.63, 3.8) is 0 Å². The van der Waals surface area contributed by atoms with Crippen LogP contribution in [0, 0.1) is 0 Å². The summed E-state index contributed by atoms with van der Waals surface area (Å²) in [7, 11) is 1.36.